The lowest BCUT2D eigenvalue weighted by molar-refractivity contribution is 0.139. The molecule has 102 valence electrons. The molecule has 1 aromatic carbocycles. The van der Waals surface area contributed by atoms with Gasteiger partial charge in [-0.3, -0.25) is 0 Å². The van der Waals surface area contributed by atoms with Crippen molar-refractivity contribution in [3.8, 4) is 0 Å². The topological polar surface area (TPSA) is 21.3 Å². The predicted octanol–water partition coefficient (Wildman–Crippen LogP) is 3.53. The first-order chi connectivity index (χ1) is 8.77. The summed E-state index contributed by atoms with van der Waals surface area (Å²) >= 11 is 6.21. The Hall–Kier alpha value is -0.570. The van der Waals surface area contributed by atoms with Crippen LogP contribution in [-0.2, 0) is 11.2 Å². The minimum atomic E-state index is 0.621. The number of hydrogen-bond donors (Lipinski definition) is 1. The van der Waals surface area contributed by atoms with Crippen molar-refractivity contribution in [2.45, 2.75) is 26.2 Å². The molecule has 0 saturated carbocycles. The number of halogens is 1. The summed E-state index contributed by atoms with van der Waals surface area (Å²) < 4.78 is 5.39. The summed E-state index contributed by atoms with van der Waals surface area (Å²) in [5.41, 5.74) is 1.25. The van der Waals surface area contributed by atoms with Crippen LogP contribution in [0.2, 0.25) is 5.02 Å². The Morgan fingerprint density at radius 1 is 1.33 bits per heavy atom. The highest BCUT2D eigenvalue weighted by Crippen LogP contribution is 2.21. The van der Waals surface area contributed by atoms with Gasteiger partial charge in [0.1, 0.15) is 0 Å². The van der Waals surface area contributed by atoms with E-state index in [1.54, 1.807) is 0 Å². The summed E-state index contributed by atoms with van der Waals surface area (Å²) in [7, 11) is 2.00. The second kappa shape index (κ2) is 9.37. The molecular weight excluding hydrogens is 246 g/mol. The van der Waals surface area contributed by atoms with Crippen LogP contribution in [0.5, 0.6) is 0 Å². The maximum Gasteiger partial charge on any atom is 0.0466 e. The Bertz CT molecular complexity index is 330. The number of hydrogen-bond acceptors (Lipinski definition) is 2. The number of benzene rings is 1. The Labute approximate surface area is 116 Å². The molecule has 0 aliphatic rings. The summed E-state index contributed by atoms with van der Waals surface area (Å²) in [4.78, 5) is 0. The fraction of sp³-hybridized carbons (Fsp3) is 0.600. The second-order valence-electron chi connectivity index (χ2n) is 4.56. The fourth-order valence-corrected chi connectivity index (χ4v) is 2.37. The smallest absolute Gasteiger partial charge is 0.0466 e. The van der Waals surface area contributed by atoms with Crippen LogP contribution in [-0.4, -0.2) is 26.8 Å². The van der Waals surface area contributed by atoms with Crippen molar-refractivity contribution in [2.75, 3.05) is 26.8 Å². The summed E-state index contributed by atoms with van der Waals surface area (Å²) in [6, 6.07) is 8.12. The van der Waals surface area contributed by atoms with E-state index in [1.807, 2.05) is 26.1 Å². The van der Waals surface area contributed by atoms with E-state index < -0.39 is 0 Å². The quantitative estimate of drug-likeness (QED) is 0.693. The van der Waals surface area contributed by atoms with Crippen LogP contribution in [0, 0.1) is 5.92 Å². The van der Waals surface area contributed by atoms with E-state index in [-0.39, 0.29) is 0 Å². The molecule has 0 aliphatic carbocycles. The Morgan fingerprint density at radius 3 is 2.78 bits per heavy atom. The molecular formula is C15H24ClNO. The van der Waals surface area contributed by atoms with Gasteiger partial charge in [-0.25, -0.2) is 0 Å². The zero-order valence-corrected chi connectivity index (χ0v) is 12.2. The molecule has 0 aliphatic heterocycles. The molecule has 0 radical (unpaired) electrons. The van der Waals surface area contributed by atoms with E-state index >= 15 is 0 Å². The molecule has 3 heteroatoms. The molecule has 1 atom stereocenters. The monoisotopic (exact) mass is 269 g/mol. The zero-order valence-electron chi connectivity index (χ0n) is 11.4. The normalized spacial score (nSPS) is 12.6. The average Bonchev–Trinajstić information content (AvgIpc) is 2.37. The van der Waals surface area contributed by atoms with Crippen LogP contribution < -0.4 is 5.32 Å². The second-order valence-corrected chi connectivity index (χ2v) is 4.97. The molecule has 1 unspecified atom stereocenters. The molecule has 0 spiro atoms. The third-order valence-corrected chi connectivity index (χ3v) is 3.43. The van der Waals surface area contributed by atoms with Crippen molar-refractivity contribution in [3.63, 3.8) is 0 Å². The SMILES string of the molecule is CCOCCCC(CNC)Cc1ccccc1Cl. The van der Waals surface area contributed by atoms with Crippen LogP contribution >= 0.6 is 11.6 Å². The van der Waals surface area contributed by atoms with Crippen molar-refractivity contribution in [1.82, 2.24) is 5.32 Å². The van der Waals surface area contributed by atoms with Crippen LogP contribution in [0.25, 0.3) is 0 Å². The van der Waals surface area contributed by atoms with E-state index in [9.17, 15) is 0 Å². The van der Waals surface area contributed by atoms with Gasteiger partial charge in [0, 0.05) is 18.2 Å². The molecule has 1 aromatic rings. The van der Waals surface area contributed by atoms with E-state index in [4.69, 9.17) is 16.3 Å². The summed E-state index contributed by atoms with van der Waals surface area (Å²) in [5.74, 6) is 0.621. The highest BCUT2D eigenvalue weighted by Gasteiger charge is 2.10. The first-order valence-electron chi connectivity index (χ1n) is 6.73. The van der Waals surface area contributed by atoms with Gasteiger partial charge in [0.25, 0.3) is 0 Å². The molecule has 2 nitrogen and oxygen atoms in total. The molecule has 18 heavy (non-hydrogen) atoms. The Balaban J connectivity index is 2.44. The van der Waals surface area contributed by atoms with Gasteiger partial charge in [-0.05, 0) is 57.3 Å². The lowest BCUT2D eigenvalue weighted by atomic mass is 9.95. The number of rotatable bonds is 9. The summed E-state index contributed by atoms with van der Waals surface area (Å²) in [5, 5.41) is 4.14. The Kier molecular flexibility index (Phi) is 8.06. The molecule has 0 saturated heterocycles. The number of nitrogens with one attached hydrogen (secondary N) is 1. The third kappa shape index (κ3) is 5.85. The van der Waals surface area contributed by atoms with Crippen LogP contribution in [0.3, 0.4) is 0 Å². The summed E-state index contributed by atoms with van der Waals surface area (Å²) in [6.45, 7) is 4.73. The minimum absolute atomic E-state index is 0.621. The average molecular weight is 270 g/mol. The van der Waals surface area contributed by atoms with Crippen molar-refractivity contribution >= 4 is 11.6 Å². The highest BCUT2D eigenvalue weighted by atomic mass is 35.5. The fourth-order valence-electron chi connectivity index (χ4n) is 2.16. The van der Waals surface area contributed by atoms with Gasteiger partial charge in [0.15, 0.2) is 0 Å². The van der Waals surface area contributed by atoms with Gasteiger partial charge >= 0.3 is 0 Å². The Morgan fingerprint density at radius 2 is 2.11 bits per heavy atom. The van der Waals surface area contributed by atoms with Gasteiger partial charge < -0.3 is 10.1 Å². The van der Waals surface area contributed by atoms with Gasteiger partial charge in [0.2, 0.25) is 0 Å². The standard InChI is InChI=1S/C15H24ClNO/c1-3-18-10-6-7-13(12-17-2)11-14-8-4-5-9-15(14)16/h4-5,8-9,13,17H,3,6-7,10-12H2,1-2H3. The molecule has 0 bridgehead atoms. The minimum Gasteiger partial charge on any atom is -0.382 e. The maximum atomic E-state index is 6.21. The molecule has 0 amide bonds. The van der Waals surface area contributed by atoms with E-state index in [0.717, 1.165) is 37.6 Å². The molecule has 1 N–H and O–H groups in total. The predicted molar refractivity (Wildman–Crippen MR) is 78.3 cm³/mol. The van der Waals surface area contributed by atoms with Gasteiger partial charge in [0.05, 0.1) is 0 Å². The molecule has 1 rings (SSSR count). The van der Waals surface area contributed by atoms with Gasteiger partial charge in [-0.2, -0.15) is 0 Å². The van der Waals surface area contributed by atoms with Gasteiger partial charge in [-0.15, -0.1) is 0 Å². The van der Waals surface area contributed by atoms with E-state index in [1.165, 1.54) is 12.0 Å². The third-order valence-electron chi connectivity index (χ3n) is 3.06. The van der Waals surface area contributed by atoms with Crippen molar-refractivity contribution in [3.05, 3.63) is 34.9 Å². The van der Waals surface area contributed by atoms with Crippen LogP contribution in [0.1, 0.15) is 25.3 Å². The van der Waals surface area contributed by atoms with Crippen LogP contribution in [0.4, 0.5) is 0 Å². The van der Waals surface area contributed by atoms with Crippen LogP contribution in [0.15, 0.2) is 24.3 Å². The van der Waals surface area contributed by atoms with E-state index in [2.05, 4.69) is 17.4 Å². The van der Waals surface area contributed by atoms with Crippen molar-refractivity contribution in [2.24, 2.45) is 5.92 Å². The summed E-state index contributed by atoms with van der Waals surface area (Å²) in [6.07, 6.45) is 3.32. The van der Waals surface area contributed by atoms with Gasteiger partial charge in [-0.1, -0.05) is 29.8 Å². The first kappa shape index (κ1) is 15.5. The van der Waals surface area contributed by atoms with Crippen molar-refractivity contribution < 1.29 is 4.74 Å². The number of ether oxygens (including phenoxy) is 1. The molecule has 0 fully saturated rings. The molecule has 0 aromatic heterocycles. The zero-order chi connectivity index (χ0) is 13.2. The van der Waals surface area contributed by atoms with E-state index in [0.29, 0.717) is 5.92 Å². The lowest BCUT2D eigenvalue weighted by Gasteiger charge is -2.17. The lowest BCUT2D eigenvalue weighted by Crippen LogP contribution is -2.21. The molecule has 0 heterocycles. The largest absolute Gasteiger partial charge is 0.382 e. The first-order valence-corrected chi connectivity index (χ1v) is 7.11. The van der Waals surface area contributed by atoms with Crippen molar-refractivity contribution in [1.29, 1.82) is 0 Å². The maximum absolute atomic E-state index is 6.21. The highest BCUT2D eigenvalue weighted by molar-refractivity contribution is 6.31.